The number of nitrogens with two attached hydrogens (primary N) is 1. The van der Waals surface area contributed by atoms with Gasteiger partial charge in [-0.05, 0) is 0 Å². The van der Waals surface area contributed by atoms with Gasteiger partial charge in [0.1, 0.15) is 0 Å². The molecular formula is C9H9BrN2OSe. The van der Waals surface area contributed by atoms with E-state index < -0.39 is 0 Å². The molecule has 0 aliphatic heterocycles. The third kappa shape index (κ3) is 1.73. The van der Waals surface area contributed by atoms with Gasteiger partial charge in [-0.2, -0.15) is 0 Å². The zero-order chi connectivity index (χ0) is 10.1. The molecule has 1 aromatic carbocycles. The summed E-state index contributed by atoms with van der Waals surface area (Å²) < 4.78 is 3.94. The van der Waals surface area contributed by atoms with Crippen LogP contribution in [0.25, 0.3) is 9.65 Å². The molecule has 0 bridgehead atoms. The molecule has 74 valence electrons. The Morgan fingerprint density at radius 1 is 1.50 bits per heavy atom. The van der Waals surface area contributed by atoms with Gasteiger partial charge >= 0.3 is 95.7 Å². The van der Waals surface area contributed by atoms with Crippen LogP contribution >= 0.6 is 15.9 Å². The van der Waals surface area contributed by atoms with E-state index in [1.54, 1.807) is 0 Å². The molecule has 0 radical (unpaired) electrons. The van der Waals surface area contributed by atoms with Crippen LogP contribution in [0, 0.1) is 0 Å². The summed E-state index contributed by atoms with van der Waals surface area (Å²) >= 11 is 3.48. The van der Waals surface area contributed by atoms with Gasteiger partial charge in [0.15, 0.2) is 0 Å². The number of hydrogen-bond acceptors (Lipinski definition) is 2. The number of nitrogens with zero attached hydrogens (tertiary/aromatic N) is 1. The van der Waals surface area contributed by atoms with Crippen LogP contribution in [0.2, 0.25) is 0 Å². The monoisotopic (exact) mass is 320 g/mol. The molecule has 0 saturated carbocycles. The molecule has 2 N–H and O–H groups in total. The predicted molar refractivity (Wildman–Crippen MR) is 61.9 cm³/mol. The number of hydrogen-bond donors (Lipinski definition) is 1. The number of halogens is 1. The van der Waals surface area contributed by atoms with Crippen LogP contribution in [0.4, 0.5) is 0 Å². The van der Waals surface area contributed by atoms with Gasteiger partial charge in [-0.3, -0.25) is 0 Å². The molecule has 2 aromatic rings. The molecule has 5 heteroatoms. The maximum atomic E-state index is 11.8. The normalized spacial score (nSPS) is 11.0. The second-order valence-electron chi connectivity index (χ2n) is 2.93. The molecule has 1 aromatic heterocycles. The first-order valence-electron chi connectivity index (χ1n) is 4.22. The quantitative estimate of drug-likeness (QED) is 0.832. The second-order valence-corrected chi connectivity index (χ2v) is 6.07. The van der Waals surface area contributed by atoms with Gasteiger partial charge in [-0.1, -0.05) is 0 Å². The Bertz CT molecular complexity index is 517. The molecule has 0 aliphatic rings. The fraction of sp³-hybridized carbons (Fsp3) is 0.222. The first kappa shape index (κ1) is 10.2. The number of benzene rings is 1. The second kappa shape index (κ2) is 4.03. The third-order valence-electron chi connectivity index (χ3n) is 1.94. The summed E-state index contributed by atoms with van der Waals surface area (Å²) in [6.45, 7) is 1.19. The molecule has 0 unspecified atom stereocenters. The number of fused-ring (bicyclic) bond motifs is 1. The SMILES string of the molecule is NCCn1[se]c2ccc(Br)cc2c1=O. The van der Waals surface area contributed by atoms with Crippen molar-refractivity contribution in [1.82, 2.24) is 3.56 Å². The Morgan fingerprint density at radius 3 is 3.00 bits per heavy atom. The fourth-order valence-electron chi connectivity index (χ4n) is 1.31. The van der Waals surface area contributed by atoms with Crippen LogP contribution in [0.5, 0.6) is 0 Å². The Labute approximate surface area is 95.6 Å². The average Bonchev–Trinajstić information content (AvgIpc) is 2.46. The molecule has 0 saturated heterocycles. The van der Waals surface area contributed by atoms with Crippen molar-refractivity contribution < 1.29 is 0 Å². The summed E-state index contributed by atoms with van der Waals surface area (Å²) in [6.07, 6.45) is 0. The Kier molecular flexibility index (Phi) is 2.93. The molecule has 0 aliphatic carbocycles. The van der Waals surface area contributed by atoms with Crippen molar-refractivity contribution in [2.24, 2.45) is 5.73 Å². The predicted octanol–water partition coefficient (Wildman–Crippen LogP) is 0.780. The van der Waals surface area contributed by atoms with Crippen molar-refractivity contribution in [3.63, 3.8) is 0 Å². The minimum absolute atomic E-state index is 0.117. The van der Waals surface area contributed by atoms with Gasteiger partial charge in [0, 0.05) is 0 Å². The van der Waals surface area contributed by atoms with Gasteiger partial charge in [-0.25, -0.2) is 0 Å². The van der Waals surface area contributed by atoms with Gasteiger partial charge in [0.2, 0.25) is 0 Å². The first-order chi connectivity index (χ1) is 6.72. The van der Waals surface area contributed by atoms with E-state index in [0.717, 1.165) is 14.1 Å². The van der Waals surface area contributed by atoms with E-state index in [1.165, 1.54) is 0 Å². The van der Waals surface area contributed by atoms with E-state index in [4.69, 9.17) is 5.73 Å². The zero-order valence-electron chi connectivity index (χ0n) is 7.37. The fourth-order valence-corrected chi connectivity index (χ4v) is 3.74. The topological polar surface area (TPSA) is 48.0 Å². The molecule has 1 heterocycles. The number of rotatable bonds is 2. The molecule has 14 heavy (non-hydrogen) atoms. The zero-order valence-corrected chi connectivity index (χ0v) is 10.7. The molecule has 0 spiro atoms. The van der Waals surface area contributed by atoms with Crippen LogP contribution in [-0.4, -0.2) is 24.8 Å². The van der Waals surface area contributed by atoms with Gasteiger partial charge in [0.25, 0.3) is 0 Å². The summed E-state index contributed by atoms with van der Waals surface area (Å²) in [4.78, 5) is 11.8. The minimum atomic E-state index is 0.117. The van der Waals surface area contributed by atoms with E-state index >= 15 is 0 Å². The maximum absolute atomic E-state index is 11.8. The van der Waals surface area contributed by atoms with Crippen LogP contribution < -0.4 is 11.3 Å². The molecule has 0 atom stereocenters. The first-order valence-corrected chi connectivity index (χ1v) is 6.63. The number of aromatic nitrogens is 1. The Balaban J connectivity index is 2.68. The summed E-state index contributed by atoms with van der Waals surface area (Å²) in [6, 6.07) is 5.86. The summed E-state index contributed by atoms with van der Waals surface area (Å²) in [5, 5.41) is 0.827. The molecular weight excluding hydrogens is 311 g/mol. The standard InChI is InChI=1S/C9H9BrN2OSe/c10-6-1-2-8-7(5-6)9(13)12(14-8)4-3-11/h1-2,5H,3-4,11H2. The van der Waals surface area contributed by atoms with Crippen LogP contribution in [0.3, 0.4) is 0 Å². The molecule has 0 amide bonds. The summed E-state index contributed by atoms with van der Waals surface area (Å²) in [7, 11) is 0. The van der Waals surface area contributed by atoms with Crippen LogP contribution in [-0.2, 0) is 6.54 Å². The average molecular weight is 320 g/mol. The van der Waals surface area contributed by atoms with Crippen molar-refractivity contribution in [1.29, 1.82) is 0 Å². The Morgan fingerprint density at radius 2 is 2.29 bits per heavy atom. The van der Waals surface area contributed by atoms with E-state index in [1.807, 2.05) is 21.8 Å². The molecule has 2 rings (SSSR count). The van der Waals surface area contributed by atoms with E-state index in [-0.39, 0.29) is 20.3 Å². The van der Waals surface area contributed by atoms with Crippen molar-refractivity contribution in [3.8, 4) is 0 Å². The third-order valence-corrected chi connectivity index (χ3v) is 4.79. The van der Waals surface area contributed by atoms with E-state index in [2.05, 4.69) is 15.9 Å². The molecule has 0 fully saturated rings. The Hall–Kier alpha value is -0.351. The van der Waals surface area contributed by atoms with Gasteiger partial charge < -0.3 is 0 Å². The van der Waals surface area contributed by atoms with Crippen molar-refractivity contribution in [2.45, 2.75) is 6.54 Å². The summed E-state index contributed by atoms with van der Waals surface area (Å²) in [5.74, 6) is 0. The van der Waals surface area contributed by atoms with Crippen LogP contribution in [0.15, 0.2) is 27.5 Å². The van der Waals surface area contributed by atoms with Crippen molar-refractivity contribution >= 4 is 40.3 Å². The van der Waals surface area contributed by atoms with Gasteiger partial charge in [0.05, 0.1) is 0 Å². The summed E-state index contributed by atoms with van der Waals surface area (Å²) in [5.41, 5.74) is 5.56. The van der Waals surface area contributed by atoms with E-state index in [0.29, 0.717) is 13.1 Å². The van der Waals surface area contributed by atoms with Crippen molar-refractivity contribution in [3.05, 3.63) is 33.0 Å². The van der Waals surface area contributed by atoms with Crippen LogP contribution in [0.1, 0.15) is 0 Å². The molecule has 3 nitrogen and oxygen atoms in total. The van der Waals surface area contributed by atoms with Crippen molar-refractivity contribution in [2.75, 3.05) is 6.54 Å². The van der Waals surface area contributed by atoms with Gasteiger partial charge in [-0.15, -0.1) is 0 Å². The van der Waals surface area contributed by atoms with E-state index in [9.17, 15) is 4.79 Å².